The minimum Gasteiger partial charge on any atom is -0.453 e. The van der Waals surface area contributed by atoms with Crippen LogP contribution < -0.4 is 10.6 Å². The van der Waals surface area contributed by atoms with Gasteiger partial charge in [-0.25, -0.2) is 19.6 Å². The number of aliphatic hydroxyl groups is 1. The lowest BCUT2D eigenvalue weighted by molar-refractivity contribution is -0.135. The van der Waals surface area contributed by atoms with Gasteiger partial charge in [0, 0.05) is 35.8 Å². The number of hydrogen-bond acceptors (Lipinski definition) is 10. The molecule has 2 fully saturated rings. The molecule has 0 spiro atoms. The van der Waals surface area contributed by atoms with Gasteiger partial charge < -0.3 is 40.1 Å². The monoisotopic (exact) mass is 791 g/mol. The van der Waals surface area contributed by atoms with Crippen LogP contribution >= 0.6 is 0 Å². The third kappa shape index (κ3) is 8.41. The van der Waals surface area contributed by atoms with E-state index in [9.17, 15) is 19.5 Å². The Morgan fingerprint density at radius 2 is 1.33 bits per heavy atom. The van der Waals surface area contributed by atoms with Crippen molar-refractivity contribution in [3.63, 3.8) is 0 Å². The number of pyridine rings is 1. The predicted molar refractivity (Wildman–Crippen MR) is 219 cm³/mol. The molecule has 15 heteroatoms. The second-order valence-electron chi connectivity index (χ2n) is 15.8. The van der Waals surface area contributed by atoms with Crippen molar-refractivity contribution in [1.29, 1.82) is 0 Å². The van der Waals surface area contributed by atoms with Crippen molar-refractivity contribution < 1.29 is 29.0 Å². The van der Waals surface area contributed by atoms with Gasteiger partial charge >= 0.3 is 12.2 Å². The Bertz CT molecular complexity index is 2230. The second-order valence-corrected chi connectivity index (χ2v) is 15.8. The zero-order valence-electron chi connectivity index (χ0n) is 33.9. The topological polar surface area (TPSA) is 191 Å². The number of nitrogens with one attached hydrogen (secondary N) is 4. The second kappa shape index (κ2) is 17.4. The maximum atomic E-state index is 13.6. The van der Waals surface area contributed by atoms with Gasteiger partial charge in [0.1, 0.15) is 23.9 Å². The van der Waals surface area contributed by atoms with Gasteiger partial charge in [-0.15, -0.1) is 0 Å². The highest BCUT2D eigenvalue weighted by Gasteiger charge is 2.39. The van der Waals surface area contributed by atoms with Crippen LogP contribution in [0.25, 0.3) is 44.5 Å². The van der Waals surface area contributed by atoms with E-state index in [1.165, 1.54) is 14.2 Å². The largest absolute Gasteiger partial charge is 0.453 e. The highest BCUT2D eigenvalue weighted by atomic mass is 16.5. The number of rotatable bonds is 12. The number of carbonyl (C=O) groups is 3. The van der Waals surface area contributed by atoms with Gasteiger partial charge in [-0.1, -0.05) is 64.1 Å². The third-order valence-electron chi connectivity index (χ3n) is 11.4. The number of ether oxygens (including phenoxy) is 2. The first-order valence-electron chi connectivity index (χ1n) is 20.0. The molecule has 15 nitrogen and oxygen atoms in total. The minimum absolute atomic E-state index is 0.0124. The fraction of sp³-hybridized carbons (Fsp3) is 0.442. The fourth-order valence-corrected chi connectivity index (χ4v) is 8.17. The summed E-state index contributed by atoms with van der Waals surface area (Å²) in [6.07, 6.45) is 6.77. The maximum Gasteiger partial charge on any atom is 0.407 e. The average molecular weight is 792 g/mol. The van der Waals surface area contributed by atoms with E-state index in [0.717, 1.165) is 81.9 Å². The summed E-state index contributed by atoms with van der Waals surface area (Å²) >= 11 is 0. The first kappa shape index (κ1) is 40.4. The van der Waals surface area contributed by atoms with Gasteiger partial charge in [0.05, 0.1) is 61.6 Å². The summed E-state index contributed by atoms with van der Waals surface area (Å²) < 4.78 is 9.56. The molecule has 0 bridgehead atoms. The minimum atomic E-state index is -0.900. The lowest BCUT2D eigenvalue weighted by Gasteiger charge is -2.35. The van der Waals surface area contributed by atoms with Crippen molar-refractivity contribution >= 4 is 29.0 Å². The third-order valence-corrected chi connectivity index (χ3v) is 11.4. The number of amides is 3. The number of aromatic nitrogens is 5. The molecule has 0 saturated carbocycles. The first-order valence-corrected chi connectivity index (χ1v) is 20.0. The van der Waals surface area contributed by atoms with Crippen LogP contribution in [0.1, 0.15) is 77.1 Å². The maximum absolute atomic E-state index is 13.6. The summed E-state index contributed by atoms with van der Waals surface area (Å²) in [5.74, 6) is 1.23. The molecule has 306 valence electrons. The summed E-state index contributed by atoms with van der Waals surface area (Å²) in [5, 5.41) is 17.9. The molecule has 2 aliphatic rings. The molecular formula is C43H53N9O6. The predicted octanol–water partition coefficient (Wildman–Crippen LogP) is 6.56. The van der Waals surface area contributed by atoms with Crippen LogP contribution in [-0.2, 0) is 14.3 Å². The number of aromatic amines is 2. The number of carbonyl (C=O) groups excluding carboxylic acids is 3. The van der Waals surface area contributed by atoms with Gasteiger partial charge in [-0.05, 0) is 60.8 Å². The Morgan fingerprint density at radius 3 is 2.00 bits per heavy atom. The molecular weight excluding hydrogens is 739 g/mol. The van der Waals surface area contributed by atoms with E-state index in [2.05, 4.69) is 55.9 Å². The van der Waals surface area contributed by atoms with Crippen LogP contribution in [-0.4, -0.2) is 104 Å². The van der Waals surface area contributed by atoms with Crippen molar-refractivity contribution in [2.24, 2.45) is 11.8 Å². The molecule has 3 aromatic heterocycles. The summed E-state index contributed by atoms with van der Waals surface area (Å²) in [4.78, 5) is 62.5. The van der Waals surface area contributed by atoms with Gasteiger partial charge in [0.25, 0.3) is 0 Å². The van der Waals surface area contributed by atoms with E-state index in [1.807, 2.05) is 68.1 Å². The van der Waals surface area contributed by atoms with Crippen LogP contribution in [0.15, 0.2) is 67.1 Å². The Kier molecular flexibility index (Phi) is 12.1. The molecule has 2 aliphatic heterocycles. The number of fused-ring (bicyclic) bond motifs is 1. The lowest BCUT2D eigenvalue weighted by Crippen LogP contribution is -2.54. The van der Waals surface area contributed by atoms with Crippen molar-refractivity contribution in [3.8, 4) is 33.6 Å². The number of likely N-dealkylation sites (tertiary alicyclic amines) is 2. The Labute approximate surface area is 338 Å². The Morgan fingerprint density at radius 1 is 0.724 bits per heavy atom. The quantitative estimate of drug-likeness (QED) is 0.0925. The van der Waals surface area contributed by atoms with Crippen molar-refractivity contribution in [2.45, 2.75) is 83.8 Å². The molecule has 0 aliphatic carbocycles. The number of hydrogen-bond donors (Lipinski definition) is 5. The molecule has 2 aromatic carbocycles. The smallest absolute Gasteiger partial charge is 0.407 e. The number of methoxy groups -OCH3 is 2. The number of benzene rings is 2. The average Bonchev–Trinajstić information content (AvgIpc) is 4.07. The van der Waals surface area contributed by atoms with Crippen LogP contribution in [0.5, 0.6) is 0 Å². The molecule has 2 saturated heterocycles. The SMILES string of the molecule is COC(=O)N[C@@H](C(C)C)C(O)N1CCC[C@H]1c1ncc(-c2ccc3cc(-c4ccc(-c5cnc([C@@H]6CCCN6C(=O)[C@@H](NC(=O)OC)C(C)C)[nH]5)cc4)cnc3c2)[nH]1. The number of H-pyrrole nitrogens is 2. The van der Waals surface area contributed by atoms with Gasteiger partial charge in [0.15, 0.2) is 0 Å². The van der Waals surface area contributed by atoms with Crippen molar-refractivity contribution in [2.75, 3.05) is 27.3 Å². The van der Waals surface area contributed by atoms with E-state index in [4.69, 9.17) is 19.4 Å². The molecule has 5 heterocycles. The summed E-state index contributed by atoms with van der Waals surface area (Å²) in [7, 11) is 2.61. The zero-order valence-corrected chi connectivity index (χ0v) is 33.9. The number of imidazole rings is 2. The molecule has 1 unspecified atom stereocenters. The van der Waals surface area contributed by atoms with Crippen molar-refractivity contribution in [1.82, 2.24) is 45.4 Å². The normalized spacial score (nSPS) is 18.7. The van der Waals surface area contributed by atoms with Gasteiger partial charge in [-0.2, -0.15) is 0 Å². The molecule has 3 amide bonds. The molecule has 7 rings (SSSR count). The van der Waals surface area contributed by atoms with Crippen LogP contribution in [0.2, 0.25) is 0 Å². The molecule has 0 radical (unpaired) electrons. The number of aliphatic hydroxyl groups excluding tert-OH is 1. The molecule has 58 heavy (non-hydrogen) atoms. The van der Waals surface area contributed by atoms with Gasteiger partial charge in [0.2, 0.25) is 5.91 Å². The Hall–Kier alpha value is -5.80. The van der Waals surface area contributed by atoms with Crippen LogP contribution in [0.3, 0.4) is 0 Å². The van der Waals surface area contributed by atoms with Crippen LogP contribution in [0, 0.1) is 11.8 Å². The highest BCUT2D eigenvalue weighted by Crippen LogP contribution is 2.36. The van der Waals surface area contributed by atoms with E-state index in [0.29, 0.717) is 13.1 Å². The Balaban J connectivity index is 1.02. The van der Waals surface area contributed by atoms with E-state index < -0.39 is 30.5 Å². The summed E-state index contributed by atoms with van der Waals surface area (Å²) in [5.41, 5.74) is 6.50. The zero-order chi connectivity index (χ0) is 41.1. The van der Waals surface area contributed by atoms with E-state index in [-0.39, 0.29) is 29.8 Å². The summed E-state index contributed by atoms with van der Waals surface area (Å²) in [6, 6.07) is 15.0. The fourth-order valence-electron chi connectivity index (χ4n) is 8.17. The lowest BCUT2D eigenvalue weighted by atomic mass is 10.0. The van der Waals surface area contributed by atoms with E-state index >= 15 is 0 Å². The van der Waals surface area contributed by atoms with Gasteiger partial charge in [-0.3, -0.25) is 14.7 Å². The highest BCUT2D eigenvalue weighted by molar-refractivity contribution is 5.88. The molecule has 5 atom stereocenters. The van der Waals surface area contributed by atoms with Crippen LogP contribution in [0.4, 0.5) is 9.59 Å². The summed E-state index contributed by atoms with van der Waals surface area (Å²) in [6.45, 7) is 9.00. The molecule has 5 aromatic rings. The standard InChI is InChI=1S/C43H53N9O6/c1-24(2)36(49-42(55)57-5)40(53)51-17-7-9-34(51)38-45-22-32(47-38)27-13-11-26(12-14-27)30-19-28-15-16-29(20-31(28)44-21-30)33-23-46-39(48-33)35-10-8-18-52(35)41(54)37(25(3)4)50-43(56)58-6/h11-16,19-25,34-37,41,54H,7-10,17-18H2,1-6H3,(H,45,47)(H,46,48)(H,49,55)(H,50,56)/t34-,35-,36-,37-,41?/m0/s1. The number of nitrogens with zero attached hydrogens (tertiary/aromatic N) is 5. The van der Waals surface area contributed by atoms with Crippen molar-refractivity contribution in [3.05, 3.63) is 78.8 Å². The molecule has 5 N–H and O–H groups in total. The number of alkyl carbamates (subject to hydrolysis) is 2. The first-order chi connectivity index (χ1) is 27.9. The van der Waals surface area contributed by atoms with E-state index in [1.54, 1.807) is 6.20 Å².